The van der Waals surface area contributed by atoms with Gasteiger partial charge < -0.3 is 11.1 Å². The standard InChI is InChI=1S/C20H21F2N5OS/c1-4-16(29-20(24)25-3)17(22)14-8-13(5-6-15(14)21)27-19(28)18-11(2)7-12(9-23)10-26-18/h5-8,10,16-17H,4H2,1-3H3,(H2,24,25)(H,27,28)/t16-,17-/m1/s1. The predicted molar refractivity (Wildman–Crippen MR) is 111 cm³/mol. The van der Waals surface area contributed by atoms with Crippen LogP contribution < -0.4 is 11.1 Å². The zero-order valence-electron chi connectivity index (χ0n) is 16.2. The van der Waals surface area contributed by atoms with E-state index in [4.69, 9.17) is 11.0 Å². The molecule has 29 heavy (non-hydrogen) atoms. The minimum Gasteiger partial charge on any atom is -0.379 e. The number of benzene rings is 1. The van der Waals surface area contributed by atoms with Gasteiger partial charge in [0.25, 0.3) is 5.91 Å². The number of pyridine rings is 1. The van der Waals surface area contributed by atoms with Gasteiger partial charge in [-0.15, -0.1) is 0 Å². The highest BCUT2D eigenvalue weighted by molar-refractivity contribution is 8.14. The number of carbonyl (C=O) groups is 1. The molecule has 0 aliphatic carbocycles. The summed E-state index contributed by atoms with van der Waals surface area (Å²) in [5, 5.41) is 11.1. The second-order valence-corrected chi connectivity index (χ2v) is 7.48. The Bertz CT molecular complexity index is 974. The molecule has 2 aromatic rings. The van der Waals surface area contributed by atoms with Gasteiger partial charge in [0.2, 0.25) is 0 Å². The summed E-state index contributed by atoms with van der Waals surface area (Å²) in [6.07, 6.45) is 0.0575. The molecule has 0 saturated heterocycles. The summed E-state index contributed by atoms with van der Waals surface area (Å²) in [4.78, 5) is 20.3. The summed E-state index contributed by atoms with van der Waals surface area (Å²) >= 11 is 1.04. The van der Waals surface area contributed by atoms with E-state index in [9.17, 15) is 9.18 Å². The van der Waals surface area contributed by atoms with Gasteiger partial charge in [0.05, 0.1) is 5.56 Å². The summed E-state index contributed by atoms with van der Waals surface area (Å²) in [6.45, 7) is 3.43. The maximum Gasteiger partial charge on any atom is 0.274 e. The van der Waals surface area contributed by atoms with E-state index >= 15 is 4.39 Å². The molecule has 0 radical (unpaired) electrons. The van der Waals surface area contributed by atoms with Crippen LogP contribution in [-0.2, 0) is 0 Å². The van der Waals surface area contributed by atoms with Gasteiger partial charge in [-0.3, -0.25) is 9.79 Å². The number of hydrogen-bond acceptors (Lipinski definition) is 5. The number of nitrogens with zero attached hydrogens (tertiary/aromatic N) is 3. The molecule has 1 heterocycles. The Morgan fingerprint density at radius 1 is 1.45 bits per heavy atom. The van der Waals surface area contributed by atoms with Crippen molar-refractivity contribution in [2.24, 2.45) is 10.7 Å². The number of aromatic nitrogens is 1. The molecular formula is C20H21F2N5OS. The third-order valence-corrected chi connectivity index (χ3v) is 5.49. The van der Waals surface area contributed by atoms with Crippen LogP contribution in [-0.4, -0.2) is 28.4 Å². The summed E-state index contributed by atoms with van der Waals surface area (Å²) in [5.41, 5.74) is 6.71. The van der Waals surface area contributed by atoms with Crippen molar-refractivity contribution in [3.05, 3.63) is 58.7 Å². The fourth-order valence-corrected chi connectivity index (χ4v) is 3.50. The largest absolute Gasteiger partial charge is 0.379 e. The number of nitriles is 1. The van der Waals surface area contributed by atoms with Crippen LogP contribution in [0.25, 0.3) is 0 Å². The normalized spacial score (nSPS) is 13.4. The van der Waals surface area contributed by atoms with Crippen LogP contribution in [0.5, 0.6) is 0 Å². The van der Waals surface area contributed by atoms with Crippen molar-refractivity contribution in [3.63, 3.8) is 0 Å². The average Bonchev–Trinajstić information content (AvgIpc) is 2.72. The third kappa shape index (κ3) is 5.51. The summed E-state index contributed by atoms with van der Waals surface area (Å²) in [6, 6.07) is 7.20. The molecule has 0 saturated carbocycles. The number of halogens is 2. The van der Waals surface area contributed by atoms with Crippen molar-refractivity contribution in [2.75, 3.05) is 12.4 Å². The van der Waals surface area contributed by atoms with Gasteiger partial charge in [0.15, 0.2) is 5.17 Å². The van der Waals surface area contributed by atoms with E-state index < -0.39 is 23.1 Å². The summed E-state index contributed by atoms with van der Waals surface area (Å²) < 4.78 is 29.3. The second kappa shape index (κ2) is 9.98. The lowest BCUT2D eigenvalue weighted by atomic mass is 10.0. The van der Waals surface area contributed by atoms with E-state index in [1.54, 1.807) is 19.9 Å². The molecule has 152 valence electrons. The molecule has 0 bridgehead atoms. The highest BCUT2D eigenvalue weighted by Crippen LogP contribution is 2.35. The molecule has 0 unspecified atom stereocenters. The lowest BCUT2D eigenvalue weighted by molar-refractivity contribution is 0.102. The lowest BCUT2D eigenvalue weighted by Gasteiger charge is -2.20. The molecule has 0 aliphatic rings. The van der Waals surface area contributed by atoms with E-state index in [1.165, 1.54) is 25.4 Å². The van der Waals surface area contributed by atoms with Gasteiger partial charge in [-0.2, -0.15) is 5.26 Å². The Balaban J connectivity index is 2.26. The quantitative estimate of drug-likeness (QED) is 0.543. The number of amides is 1. The Kier molecular flexibility index (Phi) is 7.67. The first kappa shape index (κ1) is 22.3. The van der Waals surface area contributed by atoms with Crippen molar-refractivity contribution >= 4 is 28.5 Å². The molecule has 1 amide bonds. The fourth-order valence-electron chi connectivity index (χ4n) is 2.65. The number of anilines is 1. The Hall–Kier alpha value is -2.99. The van der Waals surface area contributed by atoms with Crippen molar-refractivity contribution in [2.45, 2.75) is 31.7 Å². The third-order valence-electron chi connectivity index (χ3n) is 4.19. The van der Waals surface area contributed by atoms with Crippen molar-refractivity contribution in [1.29, 1.82) is 5.26 Å². The van der Waals surface area contributed by atoms with Gasteiger partial charge in [-0.1, -0.05) is 18.7 Å². The number of nitrogens with two attached hydrogens (primary N) is 1. The summed E-state index contributed by atoms with van der Waals surface area (Å²) in [7, 11) is 1.50. The number of rotatable bonds is 6. The Morgan fingerprint density at radius 3 is 2.76 bits per heavy atom. The van der Waals surface area contributed by atoms with E-state index in [0.717, 1.165) is 17.8 Å². The van der Waals surface area contributed by atoms with Crippen molar-refractivity contribution in [3.8, 4) is 6.07 Å². The van der Waals surface area contributed by atoms with Gasteiger partial charge in [0.1, 0.15) is 23.8 Å². The fraction of sp³-hybridized carbons (Fsp3) is 0.300. The monoisotopic (exact) mass is 417 g/mol. The van der Waals surface area contributed by atoms with Crippen LogP contribution >= 0.6 is 11.8 Å². The zero-order valence-corrected chi connectivity index (χ0v) is 17.1. The molecular weight excluding hydrogens is 396 g/mol. The number of thioether (sulfide) groups is 1. The first-order valence-corrected chi connectivity index (χ1v) is 9.69. The number of carbonyl (C=O) groups excluding carboxylic acids is 1. The first-order chi connectivity index (χ1) is 13.8. The van der Waals surface area contributed by atoms with Crippen LogP contribution in [0.4, 0.5) is 14.5 Å². The maximum atomic E-state index is 15.0. The van der Waals surface area contributed by atoms with E-state index in [0.29, 0.717) is 17.5 Å². The molecule has 1 aromatic carbocycles. The lowest BCUT2D eigenvalue weighted by Crippen LogP contribution is -2.19. The molecule has 2 atom stereocenters. The van der Waals surface area contributed by atoms with Crippen molar-refractivity contribution < 1.29 is 13.6 Å². The van der Waals surface area contributed by atoms with E-state index in [1.807, 2.05) is 6.07 Å². The maximum absolute atomic E-state index is 15.0. The van der Waals surface area contributed by atoms with Gasteiger partial charge in [-0.25, -0.2) is 13.8 Å². The summed E-state index contributed by atoms with van der Waals surface area (Å²) in [5.74, 6) is -1.25. The van der Waals surface area contributed by atoms with Crippen LogP contribution in [0.1, 0.15) is 46.7 Å². The van der Waals surface area contributed by atoms with Crippen LogP contribution in [0.15, 0.2) is 35.5 Å². The topological polar surface area (TPSA) is 104 Å². The van der Waals surface area contributed by atoms with Gasteiger partial charge >= 0.3 is 0 Å². The SMILES string of the molecule is CC[C@@H](S/C(N)=N\C)[C@H](F)c1cc(NC(=O)c2ncc(C#N)cc2C)ccc1F. The second-order valence-electron chi connectivity index (χ2n) is 6.22. The Labute approximate surface area is 172 Å². The number of nitrogens with one attached hydrogen (secondary N) is 1. The smallest absolute Gasteiger partial charge is 0.274 e. The minimum absolute atomic E-state index is 0.126. The number of alkyl halides is 1. The highest BCUT2D eigenvalue weighted by atomic mass is 32.2. The van der Waals surface area contributed by atoms with E-state index in [-0.39, 0.29) is 22.1 Å². The molecule has 0 fully saturated rings. The van der Waals surface area contributed by atoms with Crippen LogP contribution in [0, 0.1) is 24.1 Å². The molecule has 9 heteroatoms. The number of aryl methyl sites for hydroxylation is 1. The molecule has 0 aliphatic heterocycles. The van der Waals surface area contributed by atoms with Crippen molar-refractivity contribution in [1.82, 2.24) is 4.98 Å². The average molecular weight is 417 g/mol. The van der Waals surface area contributed by atoms with Crippen LogP contribution in [0.2, 0.25) is 0 Å². The van der Waals surface area contributed by atoms with Gasteiger partial charge in [-0.05, 0) is 43.2 Å². The molecule has 2 rings (SSSR count). The molecule has 3 N–H and O–H groups in total. The van der Waals surface area contributed by atoms with Crippen LogP contribution in [0.3, 0.4) is 0 Å². The molecule has 0 spiro atoms. The molecule has 1 aromatic heterocycles. The first-order valence-electron chi connectivity index (χ1n) is 8.81. The van der Waals surface area contributed by atoms with Gasteiger partial charge in [0, 0.05) is 29.7 Å². The molecule has 6 nitrogen and oxygen atoms in total. The Morgan fingerprint density at radius 2 is 2.17 bits per heavy atom. The number of aliphatic imine (C=N–C) groups is 1. The highest BCUT2D eigenvalue weighted by Gasteiger charge is 2.26. The predicted octanol–water partition coefficient (Wildman–Crippen LogP) is 4.12. The van der Waals surface area contributed by atoms with E-state index in [2.05, 4.69) is 15.3 Å². The zero-order chi connectivity index (χ0) is 21.6. The minimum atomic E-state index is -1.64. The number of amidine groups is 1. The number of hydrogen-bond donors (Lipinski definition) is 2.